The summed E-state index contributed by atoms with van der Waals surface area (Å²) >= 11 is 5.21. The van der Waals surface area contributed by atoms with E-state index in [0.717, 1.165) is 37.3 Å². The maximum atomic E-state index is 13.2. The number of pyridine rings is 1. The number of β-lactam (4-membered cyclic amide) rings is 1. The summed E-state index contributed by atoms with van der Waals surface area (Å²) in [6.45, 7) is 5.34. The Hall–Kier alpha value is -3.74. The highest BCUT2D eigenvalue weighted by molar-refractivity contribution is 8.02. The van der Waals surface area contributed by atoms with Gasteiger partial charge in [0.1, 0.15) is 29.2 Å². The van der Waals surface area contributed by atoms with E-state index in [1.807, 2.05) is 30.0 Å². The fourth-order valence-electron chi connectivity index (χ4n) is 4.10. The molecular formula is C25H25N7O7S4. The van der Waals surface area contributed by atoms with Crippen LogP contribution in [0.5, 0.6) is 0 Å². The number of hydrogen-bond acceptors (Lipinski definition) is 14. The van der Waals surface area contributed by atoms with E-state index in [2.05, 4.69) is 20.4 Å². The number of thioether (sulfide) groups is 2. The molecule has 0 saturated carbocycles. The summed E-state index contributed by atoms with van der Waals surface area (Å²) in [5.41, 5.74) is 4.71. The summed E-state index contributed by atoms with van der Waals surface area (Å²) in [7, 11) is 0. The molecule has 226 valence electrons. The van der Waals surface area contributed by atoms with Crippen LogP contribution in [0.15, 0.2) is 44.6 Å². The summed E-state index contributed by atoms with van der Waals surface area (Å²) in [6.07, 6.45) is 3.92. The van der Waals surface area contributed by atoms with Gasteiger partial charge in [0.2, 0.25) is 5.60 Å². The van der Waals surface area contributed by atoms with Crippen LogP contribution in [-0.2, 0) is 30.6 Å². The first-order valence-electron chi connectivity index (χ1n) is 12.7. The number of nitrogens with zero attached hydrogens (tertiary/aromatic N) is 5. The maximum Gasteiger partial charge on any atom is 0.350 e. The standard InChI is InChI=1S/C25H25N7O7S4/c1-4-31-6-5-14-12(7-31)28-24(43-14)42-9-11-8-40-20-16(19(34)32(20)17(11)21(35)36)29-18(33)15(13-10-41-23(26)27-13)30-39-25(2,3)22(37)38/h5-7,10,16,20H,4,8-9H2,1-3H3,(H4-,26,27,29,33,35,36,37,38)/b30-15-/t16?,20-/m0/s1. The highest BCUT2D eigenvalue weighted by Crippen LogP contribution is 2.42. The van der Waals surface area contributed by atoms with Gasteiger partial charge in [0.25, 0.3) is 11.8 Å². The molecule has 5 heterocycles. The first-order valence-corrected chi connectivity index (χ1v) is 16.4. The highest BCUT2D eigenvalue weighted by atomic mass is 32.2. The molecule has 14 nitrogen and oxygen atoms in total. The Morgan fingerprint density at radius 2 is 2.14 bits per heavy atom. The second-order valence-electron chi connectivity index (χ2n) is 9.81. The van der Waals surface area contributed by atoms with E-state index in [9.17, 15) is 29.4 Å². The Labute approximate surface area is 261 Å². The molecule has 2 aliphatic heterocycles. The lowest BCUT2D eigenvalue weighted by atomic mass is 10.0. The lowest BCUT2D eigenvalue weighted by Crippen LogP contribution is -2.71. The van der Waals surface area contributed by atoms with Crippen LogP contribution in [0.1, 0.15) is 26.5 Å². The molecular weight excluding hydrogens is 639 g/mol. The molecule has 5 rings (SSSR count). The van der Waals surface area contributed by atoms with E-state index >= 15 is 0 Å². The number of amides is 2. The van der Waals surface area contributed by atoms with Crippen LogP contribution in [0.3, 0.4) is 0 Å². The first-order chi connectivity index (χ1) is 20.4. The number of nitrogens with one attached hydrogen (secondary N) is 1. The van der Waals surface area contributed by atoms with Gasteiger partial charge in [-0.1, -0.05) is 16.9 Å². The van der Waals surface area contributed by atoms with E-state index in [-0.39, 0.29) is 33.7 Å². The fraction of sp³-hybridized carbons (Fsp3) is 0.360. The average molecular weight is 664 g/mol. The number of aliphatic carboxylic acids is 2. The lowest BCUT2D eigenvalue weighted by Gasteiger charge is -2.50. The minimum absolute atomic E-state index is 0.0232. The number of aryl methyl sites for hydroxylation is 1. The molecule has 0 radical (unpaired) electrons. The van der Waals surface area contributed by atoms with Gasteiger partial charge in [0.15, 0.2) is 27.6 Å². The van der Waals surface area contributed by atoms with Crippen molar-refractivity contribution in [1.82, 2.24) is 20.2 Å². The summed E-state index contributed by atoms with van der Waals surface area (Å²) < 4.78 is 3.79. The number of thiazole rings is 2. The van der Waals surface area contributed by atoms with Crippen molar-refractivity contribution in [3.05, 3.63) is 40.8 Å². The third kappa shape index (κ3) is 6.17. The van der Waals surface area contributed by atoms with E-state index < -0.39 is 40.8 Å². The Kier molecular flexibility index (Phi) is 8.64. The first kappa shape index (κ1) is 30.7. The zero-order valence-electron chi connectivity index (χ0n) is 22.9. The van der Waals surface area contributed by atoms with Crippen LogP contribution in [-0.4, -0.2) is 78.0 Å². The zero-order chi connectivity index (χ0) is 31.1. The van der Waals surface area contributed by atoms with Gasteiger partial charge in [-0.3, -0.25) is 14.5 Å². The van der Waals surface area contributed by atoms with Crippen molar-refractivity contribution >= 4 is 91.0 Å². The molecule has 0 aromatic carbocycles. The minimum atomic E-state index is -1.76. The number of fused-ring (bicyclic) bond motifs is 2. The molecule has 2 amide bonds. The number of hydrogen-bond donors (Lipinski definition) is 3. The van der Waals surface area contributed by atoms with Crippen molar-refractivity contribution in [3.63, 3.8) is 0 Å². The molecule has 1 saturated heterocycles. The van der Waals surface area contributed by atoms with Crippen LogP contribution < -0.4 is 20.7 Å². The van der Waals surface area contributed by atoms with Crippen molar-refractivity contribution in [2.45, 2.75) is 48.7 Å². The van der Waals surface area contributed by atoms with E-state index in [4.69, 9.17) is 10.6 Å². The number of nitrogen functional groups attached to an aromatic ring is 1. The lowest BCUT2D eigenvalue weighted by molar-refractivity contribution is -0.692. The number of carbonyl (C=O) groups excluding carboxylic acids is 3. The molecule has 43 heavy (non-hydrogen) atoms. The number of carboxylic acids is 2. The van der Waals surface area contributed by atoms with Crippen LogP contribution in [0.4, 0.5) is 5.13 Å². The van der Waals surface area contributed by atoms with Gasteiger partial charge in [0, 0.05) is 23.0 Å². The third-order valence-electron chi connectivity index (χ3n) is 6.49. The van der Waals surface area contributed by atoms with E-state index in [1.165, 1.54) is 54.1 Å². The van der Waals surface area contributed by atoms with Crippen LogP contribution in [0, 0.1) is 0 Å². The number of carboxylic acid groups (broad SMARTS) is 2. The van der Waals surface area contributed by atoms with Gasteiger partial charge >= 0.3 is 5.97 Å². The summed E-state index contributed by atoms with van der Waals surface area (Å²) in [4.78, 5) is 64.9. The van der Waals surface area contributed by atoms with Crippen LogP contribution in [0.25, 0.3) is 10.2 Å². The minimum Gasteiger partial charge on any atom is -0.543 e. The summed E-state index contributed by atoms with van der Waals surface area (Å²) in [5.74, 6) is -3.74. The second-order valence-corrected chi connectivity index (χ2v) is 14.1. The van der Waals surface area contributed by atoms with Gasteiger partial charge in [-0.25, -0.2) is 19.3 Å². The van der Waals surface area contributed by atoms with Gasteiger partial charge in [0.05, 0.1) is 16.4 Å². The topological polar surface area (TPSA) is 204 Å². The van der Waals surface area contributed by atoms with Crippen LogP contribution in [0.2, 0.25) is 0 Å². The Balaban J connectivity index is 1.31. The average Bonchev–Trinajstić information content (AvgIpc) is 3.59. The van der Waals surface area contributed by atoms with Gasteiger partial charge in [-0.05, 0) is 26.3 Å². The Morgan fingerprint density at radius 1 is 1.37 bits per heavy atom. The molecule has 0 bridgehead atoms. The number of oxime groups is 1. The molecule has 1 unspecified atom stereocenters. The highest BCUT2D eigenvalue weighted by Gasteiger charge is 2.53. The molecule has 2 atom stereocenters. The summed E-state index contributed by atoms with van der Waals surface area (Å²) in [6, 6.07) is 0.906. The molecule has 0 spiro atoms. The predicted molar refractivity (Wildman–Crippen MR) is 159 cm³/mol. The quantitative estimate of drug-likeness (QED) is 0.0840. The Morgan fingerprint density at radius 3 is 2.79 bits per heavy atom. The number of anilines is 1. The van der Waals surface area contributed by atoms with Crippen LogP contribution >= 0.6 is 46.2 Å². The van der Waals surface area contributed by atoms with E-state index in [1.54, 1.807) is 0 Å². The molecule has 4 N–H and O–H groups in total. The number of aromatic nitrogens is 3. The third-order valence-corrected chi connectivity index (χ3v) is 10.8. The van der Waals surface area contributed by atoms with Gasteiger partial charge < -0.3 is 30.9 Å². The molecule has 1 fully saturated rings. The van der Waals surface area contributed by atoms with Gasteiger partial charge in [-0.2, -0.15) is 0 Å². The molecule has 18 heteroatoms. The largest absolute Gasteiger partial charge is 0.543 e. The number of carbonyl (C=O) groups is 4. The van der Waals surface area contributed by atoms with Crippen molar-refractivity contribution in [3.8, 4) is 0 Å². The summed E-state index contributed by atoms with van der Waals surface area (Å²) in [5, 5.41) is 28.7. The zero-order valence-corrected chi connectivity index (χ0v) is 26.2. The van der Waals surface area contributed by atoms with Crippen molar-refractivity contribution in [2.75, 3.05) is 17.2 Å². The predicted octanol–water partition coefficient (Wildman–Crippen LogP) is 0.423. The molecule has 0 aliphatic carbocycles. The fourth-order valence-corrected chi connectivity index (χ4v) is 8.17. The maximum absolute atomic E-state index is 13.2. The number of rotatable bonds is 11. The molecule has 3 aromatic rings. The van der Waals surface area contributed by atoms with Gasteiger partial charge in [-0.15, -0.1) is 34.4 Å². The monoisotopic (exact) mass is 663 g/mol. The van der Waals surface area contributed by atoms with Crippen molar-refractivity contribution < 1.29 is 38.8 Å². The SMILES string of the molecule is CC[n+]1ccc2sc(SCC3=C(C(=O)[O-])N4C(=O)C(NC(=O)/C(=N\OC(C)(C)C(=O)O)c5csc(N)n5)[C@@H]4SC3)nc2c1. The second kappa shape index (κ2) is 12.1. The van der Waals surface area contributed by atoms with E-state index in [0.29, 0.717) is 5.57 Å². The smallest absolute Gasteiger partial charge is 0.350 e. The normalized spacial score (nSPS) is 18.8. The Bertz CT molecular complexity index is 1700. The molecule has 2 aliphatic rings. The van der Waals surface area contributed by atoms with Crippen molar-refractivity contribution in [1.29, 1.82) is 0 Å². The molecule has 3 aromatic heterocycles. The number of nitrogens with two attached hydrogens (primary N) is 1. The van der Waals surface area contributed by atoms with Crippen molar-refractivity contribution in [2.24, 2.45) is 5.16 Å².